The molecule has 1 heterocycles. The lowest BCUT2D eigenvalue weighted by Crippen LogP contribution is -2.48. The van der Waals surface area contributed by atoms with Crippen molar-refractivity contribution in [3.05, 3.63) is 29.8 Å². The lowest BCUT2D eigenvalue weighted by atomic mass is 10.1. The van der Waals surface area contributed by atoms with E-state index in [0.29, 0.717) is 13.2 Å². The number of methoxy groups -OCH3 is 1. The van der Waals surface area contributed by atoms with Crippen LogP contribution in [-0.2, 0) is 16.0 Å². The molecule has 116 valence electrons. The molecular weight excluding hydrogens is 264 g/mol. The Morgan fingerprint density at radius 2 is 2.10 bits per heavy atom. The molecular formula is C17H26N2O2. The second-order valence-corrected chi connectivity index (χ2v) is 5.55. The number of fused-ring (bicyclic) bond motifs is 1. The van der Waals surface area contributed by atoms with Crippen molar-refractivity contribution in [1.29, 1.82) is 0 Å². The van der Waals surface area contributed by atoms with Gasteiger partial charge in [-0.25, -0.2) is 0 Å². The zero-order valence-electron chi connectivity index (χ0n) is 13.3. The van der Waals surface area contributed by atoms with E-state index < -0.39 is 0 Å². The summed E-state index contributed by atoms with van der Waals surface area (Å²) in [5.41, 5.74) is 2.32. The van der Waals surface area contributed by atoms with E-state index >= 15 is 0 Å². The second-order valence-electron chi connectivity index (χ2n) is 5.55. The Labute approximate surface area is 127 Å². The molecule has 0 radical (unpaired) electrons. The van der Waals surface area contributed by atoms with Gasteiger partial charge in [0.1, 0.15) is 6.04 Å². The van der Waals surface area contributed by atoms with Gasteiger partial charge in [-0.2, -0.15) is 0 Å². The third-order valence-corrected chi connectivity index (χ3v) is 4.27. The van der Waals surface area contributed by atoms with Crippen molar-refractivity contribution in [3.63, 3.8) is 0 Å². The van der Waals surface area contributed by atoms with Crippen molar-refractivity contribution in [2.24, 2.45) is 0 Å². The van der Waals surface area contributed by atoms with E-state index in [2.05, 4.69) is 25.2 Å². The number of anilines is 1. The smallest absolute Gasteiger partial charge is 0.245 e. The molecule has 1 amide bonds. The van der Waals surface area contributed by atoms with Gasteiger partial charge in [-0.05, 0) is 24.5 Å². The molecule has 0 aliphatic carbocycles. The Morgan fingerprint density at radius 3 is 2.71 bits per heavy atom. The summed E-state index contributed by atoms with van der Waals surface area (Å²) in [4.78, 5) is 14.9. The highest BCUT2D eigenvalue weighted by molar-refractivity contribution is 5.87. The molecule has 1 aromatic carbocycles. The molecule has 2 rings (SSSR count). The van der Waals surface area contributed by atoms with Crippen LogP contribution in [0, 0.1) is 0 Å². The minimum absolute atomic E-state index is 0.139. The first-order valence-electron chi connectivity index (χ1n) is 7.85. The van der Waals surface area contributed by atoms with Gasteiger partial charge in [0.15, 0.2) is 0 Å². The molecule has 0 saturated heterocycles. The largest absolute Gasteiger partial charge is 0.383 e. The average molecular weight is 290 g/mol. The Kier molecular flexibility index (Phi) is 5.62. The van der Waals surface area contributed by atoms with Crippen LogP contribution in [0.25, 0.3) is 0 Å². The number of carbonyl (C=O) groups excluding carboxylic acids is 1. The molecule has 0 unspecified atom stereocenters. The van der Waals surface area contributed by atoms with E-state index in [0.717, 1.165) is 24.9 Å². The van der Waals surface area contributed by atoms with Crippen molar-refractivity contribution in [2.45, 2.75) is 45.2 Å². The normalized spacial score (nSPS) is 16.7. The molecule has 0 aromatic heterocycles. The maximum atomic E-state index is 12.9. The number of ether oxygens (including phenoxy) is 1. The molecule has 1 atom stereocenters. The standard InChI is InChI=1S/C17H26N2O2/c1-4-14(5-2)19(10-11-21-3)17(20)16-12-13-8-6-7-9-15(13)18-16/h6-9,14,16,18H,4-5,10-12H2,1-3H3/t16-/m0/s1. The van der Waals surface area contributed by atoms with E-state index in [1.165, 1.54) is 5.56 Å². The van der Waals surface area contributed by atoms with Gasteiger partial charge >= 0.3 is 0 Å². The van der Waals surface area contributed by atoms with Crippen LogP contribution in [0.5, 0.6) is 0 Å². The summed E-state index contributed by atoms with van der Waals surface area (Å²) in [6, 6.07) is 8.31. The first kappa shape index (κ1) is 15.8. The first-order valence-corrected chi connectivity index (χ1v) is 7.85. The topological polar surface area (TPSA) is 41.6 Å². The van der Waals surface area contributed by atoms with Crippen LogP contribution in [0.2, 0.25) is 0 Å². The minimum atomic E-state index is -0.139. The first-order chi connectivity index (χ1) is 10.2. The molecule has 4 nitrogen and oxygen atoms in total. The van der Waals surface area contributed by atoms with Gasteiger partial charge in [0.05, 0.1) is 6.61 Å². The molecule has 21 heavy (non-hydrogen) atoms. The Bertz CT molecular complexity index is 447. The summed E-state index contributed by atoms with van der Waals surface area (Å²) in [5, 5.41) is 3.36. The van der Waals surface area contributed by atoms with Crippen LogP contribution >= 0.6 is 0 Å². The number of nitrogens with one attached hydrogen (secondary N) is 1. The molecule has 0 saturated carbocycles. The molecule has 1 aliphatic heterocycles. The van der Waals surface area contributed by atoms with Gasteiger partial charge < -0.3 is 15.0 Å². The van der Waals surface area contributed by atoms with Crippen LogP contribution in [0.3, 0.4) is 0 Å². The highest BCUT2D eigenvalue weighted by Gasteiger charge is 2.32. The van der Waals surface area contributed by atoms with Crippen molar-refractivity contribution in [1.82, 2.24) is 4.90 Å². The average Bonchev–Trinajstić information content (AvgIpc) is 2.95. The number of carbonyl (C=O) groups is 1. The van der Waals surface area contributed by atoms with E-state index in [4.69, 9.17) is 4.74 Å². The molecule has 1 aromatic rings. The summed E-state index contributed by atoms with van der Waals surface area (Å²) in [7, 11) is 1.68. The number of hydrogen-bond acceptors (Lipinski definition) is 3. The predicted molar refractivity (Wildman–Crippen MR) is 85.5 cm³/mol. The molecule has 1 N–H and O–H groups in total. The molecule has 0 fully saturated rings. The summed E-state index contributed by atoms with van der Waals surface area (Å²) in [6.45, 7) is 5.52. The molecule has 0 spiro atoms. The third kappa shape index (κ3) is 3.56. The van der Waals surface area contributed by atoms with Crippen molar-refractivity contribution in [2.75, 3.05) is 25.6 Å². The summed E-state index contributed by atoms with van der Waals surface area (Å²) >= 11 is 0. The van der Waals surface area contributed by atoms with Gasteiger partial charge in [0.25, 0.3) is 0 Å². The lowest BCUT2D eigenvalue weighted by molar-refractivity contribution is -0.135. The number of rotatable bonds is 7. The number of hydrogen-bond donors (Lipinski definition) is 1. The van der Waals surface area contributed by atoms with Crippen LogP contribution in [0.1, 0.15) is 32.3 Å². The zero-order valence-corrected chi connectivity index (χ0v) is 13.3. The number of benzene rings is 1. The highest BCUT2D eigenvalue weighted by atomic mass is 16.5. The van der Waals surface area contributed by atoms with Crippen LogP contribution < -0.4 is 5.32 Å². The Morgan fingerprint density at radius 1 is 1.38 bits per heavy atom. The van der Waals surface area contributed by atoms with Gasteiger partial charge in [0, 0.05) is 31.8 Å². The minimum Gasteiger partial charge on any atom is -0.383 e. The Hall–Kier alpha value is -1.55. The van der Waals surface area contributed by atoms with Crippen LogP contribution in [-0.4, -0.2) is 43.2 Å². The summed E-state index contributed by atoms with van der Waals surface area (Å²) < 4.78 is 5.17. The SMILES string of the molecule is CCC(CC)N(CCOC)C(=O)[C@@H]1Cc2ccccc2N1. The second kappa shape index (κ2) is 7.46. The van der Waals surface area contributed by atoms with Crippen molar-refractivity contribution >= 4 is 11.6 Å². The van der Waals surface area contributed by atoms with E-state index in [9.17, 15) is 4.79 Å². The van der Waals surface area contributed by atoms with E-state index in [1.807, 2.05) is 23.1 Å². The number of para-hydroxylation sites is 1. The van der Waals surface area contributed by atoms with Crippen molar-refractivity contribution < 1.29 is 9.53 Å². The van der Waals surface area contributed by atoms with Crippen LogP contribution in [0.15, 0.2) is 24.3 Å². The molecule has 0 bridgehead atoms. The fourth-order valence-corrected chi connectivity index (χ4v) is 3.04. The third-order valence-electron chi connectivity index (χ3n) is 4.27. The van der Waals surface area contributed by atoms with Gasteiger partial charge in [-0.1, -0.05) is 32.0 Å². The monoisotopic (exact) mass is 290 g/mol. The lowest BCUT2D eigenvalue weighted by Gasteiger charge is -2.32. The number of nitrogens with zero attached hydrogens (tertiary/aromatic N) is 1. The van der Waals surface area contributed by atoms with Gasteiger partial charge in [-0.15, -0.1) is 0 Å². The Balaban J connectivity index is 2.08. The van der Waals surface area contributed by atoms with Crippen LogP contribution in [0.4, 0.5) is 5.69 Å². The quantitative estimate of drug-likeness (QED) is 0.839. The molecule has 4 heteroatoms. The summed E-state index contributed by atoms with van der Waals surface area (Å²) in [6.07, 6.45) is 2.73. The summed E-state index contributed by atoms with van der Waals surface area (Å²) in [5.74, 6) is 0.192. The highest BCUT2D eigenvalue weighted by Crippen LogP contribution is 2.26. The molecule has 1 aliphatic rings. The van der Waals surface area contributed by atoms with E-state index in [1.54, 1.807) is 7.11 Å². The fourth-order valence-electron chi connectivity index (χ4n) is 3.04. The number of amides is 1. The maximum absolute atomic E-state index is 12.9. The van der Waals surface area contributed by atoms with Crippen molar-refractivity contribution in [3.8, 4) is 0 Å². The maximum Gasteiger partial charge on any atom is 0.245 e. The van der Waals surface area contributed by atoms with E-state index in [-0.39, 0.29) is 18.0 Å². The predicted octanol–water partition coefficient (Wildman–Crippen LogP) is 2.69. The van der Waals surface area contributed by atoms with Gasteiger partial charge in [-0.3, -0.25) is 4.79 Å². The fraction of sp³-hybridized carbons (Fsp3) is 0.588. The zero-order chi connectivity index (χ0) is 15.2. The van der Waals surface area contributed by atoms with Gasteiger partial charge in [0.2, 0.25) is 5.91 Å².